The fourth-order valence-electron chi connectivity index (χ4n) is 1.88. The maximum atomic E-state index is 5.32. The van der Waals surface area contributed by atoms with Gasteiger partial charge in [-0.1, -0.05) is 13.8 Å². The molecule has 2 rings (SSSR count). The molecule has 104 valence electrons. The summed E-state index contributed by atoms with van der Waals surface area (Å²) in [6.07, 6.45) is 4.63. The van der Waals surface area contributed by atoms with Crippen LogP contribution < -0.4 is 5.32 Å². The summed E-state index contributed by atoms with van der Waals surface area (Å²) in [5.41, 5.74) is 2.12. The zero-order valence-electron chi connectivity index (χ0n) is 11.9. The minimum atomic E-state index is 0.422. The topological polar surface area (TPSA) is 51.5 Å². The highest BCUT2D eigenvalue weighted by Crippen LogP contribution is 2.19. The van der Waals surface area contributed by atoms with Crippen molar-refractivity contribution in [1.82, 2.24) is 14.6 Å². The Morgan fingerprint density at radius 3 is 3.00 bits per heavy atom. The Labute approximate surface area is 114 Å². The van der Waals surface area contributed by atoms with E-state index in [2.05, 4.69) is 35.3 Å². The molecule has 0 bridgehead atoms. The molecular formula is C14H22N4O. The molecule has 2 aromatic heterocycles. The number of hydrogen-bond acceptors (Lipinski definition) is 4. The first kappa shape index (κ1) is 13.8. The molecule has 1 N–H and O–H groups in total. The van der Waals surface area contributed by atoms with Gasteiger partial charge in [-0.15, -0.1) is 0 Å². The van der Waals surface area contributed by atoms with E-state index in [0.29, 0.717) is 5.92 Å². The van der Waals surface area contributed by atoms with Crippen LogP contribution in [0.2, 0.25) is 0 Å². The SMILES string of the molecule is CCOCCCNc1nccn2nc(C(C)C)cc12. The Bertz CT molecular complexity index is 521. The van der Waals surface area contributed by atoms with E-state index in [1.807, 2.05) is 17.6 Å². The molecule has 0 atom stereocenters. The van der Waals surface area contributed by atoms with Gasteiger partial charge in [0.1, 0.15) is 5.52 Å². The van der Waals surface area contributed by atoms with Crippen molar-refractivity contribution in [3.63, 3.8) is 0 Å². The number of ether oxygens (including phenoxy) is 1. The number of aromatic nitrogens is 3. The molecule has 0 unspecified atom stereocenters. The summed E-state index contributed by atoms with van der Waals surface area (Å²) in [5, 5.41) is 7.89. The molecule has 0 aliphatic carbocycles. The Morgan fingerprint density at radius 2 is 2.26 bits per heavy atom. The van der Waals surface area contributed by atoms with Crippen LogP contribution in [0.3, 0.4) is 0 Å². The summed E-state index contributed by atoms with van der Waals surface area (Å²) in [7, 11) is 0. The van der Waals surface area contributed by atoms with E-state index in [1.165, 1.54) is 0 Å². The molecule has 19 heavy (non-hydrogen) atoms. The van der Waals surface area contributed by atoms with Gasteiger partial charge >= 0.3 is 0 Å². The maximum absolute atomic E-state index is 5.32. The van der Waals surface area contributed by atoms with Crippen molar-refractivity contribution in [2.24, 2.45) is 0 Å². The first-order valence-corrected chi connectivity index (χ1v) is 6.88. The molecule has 0 aliphatic heterocycles. The van der Waals surface area contributed by atoms with Crippen LogP contribution in [-0.2, 0) is 4.74 Å². The monoisotopic (exact) mass is 262 g/mol. The summed E-state index contributed by atoms with van der Waals surface area (Å²) in [4.78, 5) is 4.38. The average Bonchev–Trinajstić information content (AvgIpc) is 2.83. The highest BCUT2D eigenvalue weighted by molar-refractivity contribution is 5.67. The largest absolute Gasteiger partial charge is 0.382 e. The number of nitrogens with zero attached hydrogens (tertiary/aromatic N) is 3. The molecule has 0 aromatic carbocycles. The van der Waals surface area contributed by atoms with Crippen molar-refractivity contribution in [1.29, 1.82) is 0 Å². The van der Waals surface area contributed by atoms with Gasteiger partial charge in [-0.25, -0.2) is 9.50 Å². The average molecular weight is 262 g/mol. The zero-order chi connectivity index (χ0) is 13.7. The Morgan fingerprint density at radius 1 is 1.42 bits per heavy atom. The lowest BCUT2D eigenvalue weighted by molar-refractivity contribution is 0.147. The smallest absolute Gasteiger partial charge is 0.152 e. The second-order valence-electron chi connectivity index (χ2n) is 4.81. The third kappa shape index (κ3) is 3.44. The van der Waals surface area contributed by atoms with Gasteiger partial charge in [0, 0.05) is 32.2 Å². The lowest BCUT2D eigenvalue weighted by atomic mass is 10.1. The summed E-state index contributed by atoms with van der Waals surface area (Å²) < 4.78 is 7.20. The molecule has 0 fully saturated rings. The van der Waals surface area contributed by atoms with Crippen LogP contribution in [0.25, 0.3) is 5.52 Å². The summed E-state index contributed by atoms with van der Waals surface area (Å²) >= 11 is 0. The quantitative estimate of drug-likeness (QED) is 0.779. The van der Waals surface area contributed by atoms with Crippen molar-refractivity contribution in [3.05, 3.63) is 24.2 Å². The lowest BCUT2D eigenvalue weighted by Gasteiger charge is -2.06. The van der Waals surface area contributed by atoms with Crippen molar-refractivity contribution in [2.75, 3.05) is 25.1 Å². The normalized spacial score (nSPS) is 11.4. The molecule has 2 aromatic rings. The first-order chi connectivity index (χ1) is 9.22. The van der Waals surface area contributed by atoms with Crippen LogP contribution >= 0.6 is 0 Å². The molecule has 2 heterocycles. The Hall–Kier alpha value is -1.62. The number of hydrogen-bond donors (Lipinski definition) is 1. The second-order valence-corrected chi connectivity index (χ2v) is 4.81. The van der Waals surface area contributed by atoms with E-state index in [0.717, 1.165) is 43.2 Å². The Balaban J connectivity index is 2.05. The van der Waals surface area contributed by atoms with E-state index < -0.39 is 0 Å². The van der Waals surface area contributed by atoms with Crippen molar-refractivity contribution < 1.29 is 4.74 Å². The molecule has 5 nitrogen and oxygen atoms in total. The van der Waals surface area contributed by atoms with Crippen LogP contribution in [0.1, 0.15) is 38.8 Å². The number of fused-ring (bicyclic) bond motifs is 1. The van der Waals surface area contributed by atoms with Gasteiger partial charge in [-0.3, -0.25) is 0 Å². The second kappa shape index (κ2) is 6.52. The fraction of sp³-hybridized carbons (Fsp3) is 0.571. The standard InChI is InChI=1S/C14H22N4O/c1-4-19-9-5-6-15-14-13-10-12(11(2)3)17-18(13)8-7-16-14/h7-8,10-11H,4-6,9H2,1-3H3,(H,15,16). The summed E-state index contributed by atoms with van der Waals surface area (Å²) in [6.45, 7) is 8.70. The molecule has 5 heteroatoms. The van der Waals surface area contributed by atoms with Gasteiger partial charge in [-0.05, 0) is 25.3 Å². The number of rotatable bonds is 7. The molecule has 0 aliphatic rings. The van der Waals surface area contributed by atoms with Crippen molar-refractivity contribution in [3.8, 4) is 0 Å². The minimum absolute atomic E-state index is 0.422. The number of anilines is 1. The highest BCUT2D eigenvalue weighted by atomic mass is 16.5. The van der Waals surface area contributed by atoms with Gasteiger partial charge in [-0.2, -0.15) is 5.10 Å². The van der Waals surface area contributed by atoms with Crippen LogP contribution in [0.5, 0.6) is 0 Å². The van der Waals surface area contributed by atoms with Crippen molar-refractivity contribution >= 4 is 11.3 Å². The zero-order valence-corrected chi connectivity index (χ0v) is 11.9. The van der Waals surface area contributed by atoms with Gasteiger partial charge in [0.05, 0.1) is 5.69 Å². The van der Waals surface area contributed by atoms with E-state index >= 15 is 0 Å². The molecule has 0 saturated heterocycles. The van der Waals surface area contributed by atoms with Crippen LogP contribution in [0.15, 0.2) is 18.5 Å². The maximum Gasteiger partial charge on any atom is 0.152 e. The van der Waals surface area contributed by atoms with Gasteiger partial charge in [0.15, 0.2) is 5.82 Å². The molecular weight excluding hydrogens is 240 g/mol. The fourth-order valence-corrected chi connectivity index (χ4v) is 1.88. The van der Waals surface area contributed by atoms with Crippen LogP contribution in [-0.4, -0.2) is 34.4 Å². The van der Waals surface area contributed by atoms with Crippen LogP contribution in [0.4, 0.5) is 5.82 Å². The first-order valence-electron chi connectivity index (χ1n) is 6.88. The van der Waals surface area contributed by atoms with Gasteiger partial charge < -0.3 is 10.1 Å². The Kier molecular flexibility index (Phi) is 4.74. The van der Waals surface area contributed by atoms with E-state index in [9.17, 15) is 0 Å². The minimum Gasteiger partial charge on any atom is -0.382 e. The third-order valence-electron chi connectivity index (χ3n) is 2.96. The van der Waals surface area contributed by atoms with Crippen molar-refractivity contribution in [2.45, 2.75) is 33.1 Å². The molecule has 0 spiro atoms. The lowest BCUT2D eigenvalue weighted by Crippen LogP contribution is -2.08. The van der Waals surface area contributed by atoms with E-state index in [1.54, 1.807) is 6.20 Å². The molecule has 0 radical (unpaired) electrons. The molecule has 0 saturated carbocycles. The van der Waals surface area contributed by atoms with Crippen LogP contribution in [0, 0.1) is 0 Å². The highest BCUT2D eigenvalue weighted by Gasteiger charge is 2.09. The predicted molar refractivity (Wildman–Crippen MR) is 76.7 cm³/mol. The summed E-state index contributed by atoms with van der Waals surface area (Å²) in [6, 6.07) is 2.10. The van der Waals surface area contributed by atoms with E-state index in [-0.39, 0.29) is 0 Å². The number of nitrogens with one attached hydrogen (secondary N) is 1. The predicted octanol–water partition coefficient (Wildman–Crippen LogP) is 2.69. The molecule has 0 amide bonds. The van der Waals surface area contributed by atoms with Gasteiger partial charge in [0.25, 0.3) is 0 Å². The van der Waals surface area contributed by atoms with E-state index in [4.69, 9.17) is 4.74 Å². The van der Waals surface area contributed by atoms with Gasteiger partial charge in [0.2, 0.25) is 0 Å². The third-order valence-corrected chi connectivity index (χ3v) is 2.96. The summed E-state index contributed by atoms with van der Waals surface area (Å²) in [5.74, 6) is 1.31.